The van der Waals surface area contributed by atoms with Gasteiger partial charge in [-0.15, -0.1) is 0 Å². The van der Waals surface area contributed by atoms with Crippen molar-refractivity contribution in [2.45, 2.75) is 25.3 Å². The van der Waals surface area contributed by atoms with Crippen molar-refractivity contribution in [3.63, 3.8) is 0 Å². The maximum atomic E-state index is 12.9. The Kier molecular flexibility index (Phi) is 5.11. The molecule has 2 aromatic rings. The second kappa shape index (κ2) is 7.45. The highest BCUT2D eigenvalue weighted by Crippen LogP contribution is 2.27. The number of benzene rings is 1. The Bertz CT molecular complexity index is 719. The molecule has 6 heteroatoms. The zero-order chi connectivity index (χ0) is 16.9. The predicted molar refractivity (Wildman–Crippen MR) is 92.6 cm³/mol. The molecule has 1 N–H and O–H groups in total. The van der Waals surface area contributed by atoms with Gasteiger partial charge in [0.05, 0.1) is 5.02 Å². The van der Waals surface area contributed by atoms with E-state index in [0.29, 0.717) is 23.8 Å². The number of carbonyl (C=O) groups is 2. The summed E-state index contributed by atoms with van der Waals surface area (Å²) >= 11 is 5.82. The van der Waals surface area contributed by atoms with Crippen LogP contribution in [-0.4, -0.2) is 28.2 Å². The van der Waals surface area contributed by atoms with Crippen molar-refractivity contribution in [2.24, 2.45) is 0 Å². The molecule has 1 aliphatic rings. The number of nitrogens with one attached hydrogen (secondary N) is 1. The van der Waals surface area contributed by atoms with Crippen molar-refractivity contribution in [1.82, 2.24) is 9.88 Å². The lowest BCUT2D eigenvalue weighted by molar-refractivity contribution is -0.141. The largest absolute Gasteiger partial charge is 0.327 e. The maximum absolute atomic E-state index is 12.9. The van der Waals surface area contributed by atoms with Crippen LogP contribution in [0.2, 0.25) is 5.02 Å². The summed E-state index contributed by atoms with van der Waals surface area (Å²) in [7, 11) is 0. The van der Waals surface area contributed by atoms with Crippen molar-refractivity contribution < 1.29 is 9.59 Å². The van der Waals surface area contributed by atoms with Crippen LogP contribution in [0.15, 0.2) is 48.7 Å². The molecule has 0 radical (unpaired) electrons. The van der Waals surface area contributed by atoms with E-state index in [1.54, 1.807) is 17.0 Å². The van der Waals surface area contributed by atoms with Crippen LogP contribution >= 0.6 is 11.6 Å². The lowest BCUT2D eigenvalue weighted by atomic mass is 10.0. The van der Waals surface area contributed by atoms with E-state index >= 15 is 0 Å². The number of pyridine rings is 1. The van der Waals surface area contributed by atoms with E-state index in [9.17, 15) is 9.59 Å². The van der Waals surface area contributed by atoms with Crippen molar-refractivity contribution in [2.75, 3.05) is 11.9 Å². The Morgan fingerprint density at radius 3 is 2.62 bits per heavy atom. The highest BCUT2D eigenvalue weighted by atomic mass is 35.5. The number of anilines is 1. The molecule has 1 aromatic carbocycles. The van der Waals surface area contributed by atoms with E-state index in [1.165, 1.54) is 6.20 Å². The number of hydrogen-bond acceptors (Lipinski definition) is 3. The van der Waals surface area contributed by atoms with Gasteiger partial charge in [-0.25, -0.2) is 4.98 Å². The SMILES string of the molecule is O=C(Nc1ccc(Cl)cn1)C(c1ccccc1)N1CCCCC1=O. The lowest BCUT2D eigenvalue weighted by Gasteiger charge is -2.34. The molecule has 0 bridgehead atoms. The molecule has 1 aliphatic heterocycles. The van der Waals surface area contributed by atoms with Crippen molar-refractivity contribution in [3.05, 3.63) is 59.2 Å². The molecule has 0 spiro atoms. The predicted octanol–water partition coefficient (Wildman–Crippen LogP) is 3.43. The van der Waals surface area contributed by atoms with Gasteiger partial charge in [0.25, 0.3) is 5.91 Å². The summed E-state index contributed by atoms with van der Waals surface area (Å²) in [4.78, 5) is 30.9. The summed E-state index contributed by atoms with van der Waals surface area (Å²) in [6, 6.07) is 12.0. The Hall–Kier alpha value is -2.40. The first kappa shape index (κ1) is 16.5. The minimum atomic E-state index is -0.656. The fourth-order valence-electron chi connectivity index (χ4n) is 2.85. The highest BCUT2D eigenvalue weighted by molar-refractivity contribution is 6.30. The molecular weight excluding hydrogens is 326 g/mol. The third-order valence-corrected chi connectivity index (χ3v) is 4.24. The molecule has 2 heterocycles. The Labute approximate surface area is 145 Å². The molecule has 1 unspecified atom stereocenters. The molecule has 5 nitrogen and oxygen atoms in total. The first-order valence-electron chi connectivity index (χ1n) is 7.92. The third kappa shape index (κ3) is 3.74. The molecular formula is C18H18ClN3O2. The minimum absolute atomic E-state index is 0.00863. The van der Waals surface area contributed by atoms with Gasteiger partial charge in [-0.05, 0) is 30.5 Å². The molecule has 1 saturated heterocycles. The van der Waals surface area contributed by atoms with Crippen molar-refractivity contribution in [1.29, 1.82) is 0 Å². The van der Waals surface area contributed by atoms with Gasteiger partial charge in [0.1, 0.15) is 11.9 Å². The average molecular weight is 344 g/mol. The zero-order valence-corrected chi connectivity index (χ0v) is 13.9. The van der Waals surface area contributed by atoms with Gasteiger partial charge in [0.15, 0.2) is 0 Å². The van der Waals surface area contributed by atoms with E-state index < -0.39 is 6.04 Å². The fraction of sp³-hybridized carbons (Fsp3) is 0.278. The summed E-state index contributed by atoms with van der Waals surface area (Å²) in [6.45, 7) is 0.583. The summed E-state index contributed by atoms with van der Waals surface area (Å²) < 4.78 is 0. The molecule has 1 aromatic heterocycles. The van der Waals surface area contributed by atoms with Crippen molar-refractivity contribution >= 4 is 29.2 Å². The summed E-state index contributed by atoms with van der Waals surface area (Å²) in [6.07, 6.45) is 3.73. The third-order valence-electron chi connectivity index (χ3n) is 4.01. The van der Waals surface area contributed by atoms with Crippen LogP contribution in [0.4, 0.5) is 5.82 Å². The molecule has 2 amide bonds. The molecule has 0 aliphatic carbocycles. The van der Waals surface area contributed by atoms with Gasteiger partial charge in [0.2, 0.25) is 5.91 Å². The standard InChI is InChI=1S/C18H18ClN3O2/c19-14-9-10-15(20-12-14)21-18(24)17(13-6-2-1-3-7-13)22-11-5-4-8-16(22)23/h1-3,6-7,9-10,12,17H,4-5,8,11H2,(H,20,21,24). The minimum Gasteiger partial charge on any atom is -0.327 e. The van der Waals surface area contributed by atoms with Crippen LogP contribution in [0.3, 0.4) is 0 Å². The monoisotopic (exact) mass is 343 g/mol. The number of halogens is 1. The van der Waals surface area contributed by atoms with Crippen LogP contribution in [0.1, 0.15) is 30.9 Å². The van der Waals surface area contributed by atoms with Crippen LogP contribution < -0.4 is 5.32 Å². The van der Waals surface area contributed by atoms with Gasteiger partial charge >= 0.3 is 0 Å². The number of carbonyl (C=O) groups excluding carboxylic acids is 2. The van der Waals surface area contributed by atoms with E-state index in [-0.39, 0.29) is 11.8 Å². The number of aromatic nitrogens is 1. The number of likely N-dealkylation sites (tertiary alicyclic amines) is 1. The molecule has 1 fully saturated rings. The molecule has 0 saturated carbocycles. The summed E-state index contributed by atoms with van der Waals surface area (Å²) in [5.74, 6) is 0.149. The smallest absolute Gasteiger partial charge is 0.252 e. The van der Waals surface area contributed by atoms with Gasteiger partial charge in [-0.1, -0.05) is 41.9 Å². The van der Waals surface area contributed by atoms with Gasteiger partial charge in [0, 0.05) is 19.2 Å². The molecule has 1 atom stereocenters. The number of rotatable bonds is 4. The lowest BCUT2D eigenvalue weighted by Crippen LogP contribution is -2.43. The average Bonchev–Trinajstić information content (AvgIpc) is 2.60. The Morgan fingerprint density at radius 2 is 1.96 bits per heavy atom. The first-order valence-corrected chi connectivity index (χ1v) is 8.30. The number of piperidine rings is 1. The first-order chi connectivity index (χ1) is 11.6. The van der Waals surface area contributed by atoms with Crippen molar-refractivity contribution in [3.8, 4) is 0 Å². The summed E-state index contributed by atoms with van der Waals surface area (Å²) in [5.41, 5.74) is 0.791. The zero-order valence-electron chi connectivity index (χ0n) is 13.1. The second-order valence-electron chi connectivity index (χ2n) is 5.71. The van der Waals surface area contributed by atoms with E-state index in [0.717, 1.165) is 18.4 Å². The van der Waals surface area contributed by atoms with Crippen LogP contribution in [0, 0.1) is 0 Å². The van der Waals surface area contributed by atoms with Crippen LogP contribution in [0.5, 0.6) is 0 Å². The van der Waals surface area contributed by atoms with Gasteiger partial charge in [-0.2, -0.15) is 0 Å². The molecule has 3 rings (SSSR count). The van der Waals surface area contributed by atoms with Crippen LogP contribution in [-0.2, 0) is 9.59 Å². The number of nitrogens with zero attached hydrogens (tertiary/aromatic N) is 2. The number of amides is 2. The molecule has 24 heavy (non-hydrogen) atoms. The highest BCUT2D eigenvalue weighted by Gasteiger charge is 2.32. The summed E-state index contributed by atoms with van der Waals surface area (Å²) in [5, 5.41) is 3.28. The fourth-order valence-corrected chi connectivity index (χ4v) is 2.96. The molecule has 124 valence electrons. The quantitative estimate of drug-likeness (QED) is 0.925. The van der Waals surface area contributed by atoms with Crippen LogP contribution in [0.25, 0.3) is 0 Å². The van der Waals surface area contributed by atoms with E-state index in [1.807, 2.05) is 30.3 Å². The number of hydrogen-bond donors (Lipinski definition) is 1. The van der Waals surface area contributed by atoms with E-state index in [4.69, 9.17) is 11.6 Å². The normalized spacial score (nSPS) is 15.9. The maximum Gasteiger partial charge on any atom is 0.252 e. The van der Waals surface area contributed by atoms with Gasteiger partial charge in [-0.3, -0.25) is 9.59 Å². The Morgan fingerprint density at radius 1 is 1.17 bits per heavy atom. The van der Waals surface area contributed by atoms with E-state index in [2.05, 4.69) is 10.3 Å². The Balaban J connectivity index is 1.87. The topological polar surface area (TPSA) is 62.3 Å². The van der Waals surface area contributed by atoms with Gasteiger partial charge < -0.3 is 10.2 Å². The second-order valence-corrected chi connectivity index (χ2v) is 6.14.